The fourth-order valence-corrected chi connectivity index (χ4v) is 0.888. The van der Waals surface area contributed by atoms with Crippen molar-refractivity contribution in [3.63, 3.8) is 0 Å². The van der Waals surface area contributed by atoms with Crippen molar-refractivity contribution in [2.24, 2.45) is 0 Å². The van der Waals surface area contributed by atoms with Crippen LogP contribution >= 0.6 is 0 Å². The van der Waals surface area contributed by atoms with Crippen molar-refractivity contribution in [3.05, 3.63) is 17.5 Å². The summed E-state index contributed by atoms with van der Waals surface area (Å²) in [7, 11) is 0. The molecule has 2 N–H and O–H groups in total. The topological polar surface area (TPSA) is 81.6 Å². The zero-order valence-corrected chi connectivity index (χ0v) is 7.29. The summed E-state index contributed by atoms with van der Waals surface area (Å²) in [5.74, 6) is -0.275. The minimum atomic E-state index is -0.275. The van der Waals surface area contributed by atoms with Crippen LogP contribution in [0.5, 0.6) is 0 Å². The molecule has 5 heteroatoms. The molecule has 1 rings (SSSR count). The number of nitrogens with one attached hydrogen (secondary N) is 2. The molecule has 0 fully saturated rings. The minimum Gasteiger partial charge on any atom is -0.349 e. The van der Waals surface area contributed by atoms with Crippen molar-refractivity contribution in [1.29, 1.82) is 5.26 Å². The molecular weight excluding hydrogens is 168 g/mol. The van der Waals surface area contributed by atoms with Gasteiger partial charge in [-0.1, -0.05) is 0 Å². The average molecular weight is 178 g/mol. The fraction of sp³-hybridized carbons (Fsp3) is 0.375. The number of aromatic amines is 1. The van der Waals surface area contributed by atoms with Crippen LogP contribution in [0, 0.1) is 18.3 Å². The van der Waals surface area contributed by atoms with Gasteiger partial charge >= 0.3 is 0 Å². The summed E-state index contributed by atoms with van der Waals surface area (Å²) in [4.78, 5) is 10.9. The Morgan fingerprint density at radius 2 is 2.62 bits per heavy atom. The Morgan fingerprint density at radius 1 is 1.85 bits per heavy atom. The number of hydrogen-bond acceptors (Lipinski definition) is 3. The SMILES string of the molecule is Cc1cc(CNC(=O)CC#N)n[nH]1. The molecule has 1 aromatic rings. The fourth-order valence-electron chi connectivity index (χ4n) is 0.888. The van der Waals surface area contributed by atoms with Crippen molar-refractivity contribution in [3.8, 4) is 6.07 Å². The van der Waals surface area contributed by atoms with Gasteiger partial charge in [-0.2, -0.15) is 10.4 Å². The van der Waals surface area contributed by atoms with Gasteiger partial charge in [-0.25, -0.2) is 0 Å². The first-order valence-electron chi connectivity index (χ1n) is 3.87. The van der Waals surface area contributed by atoms with E-state index in [4.69, 9.17) is 5.26 Å². The second-order valence-electron chi connectivity index (χ2n) is 2.65. The van der Waals surface area contributed by atoms with Gasteiger partial charge in [0.05, 0.1) is 18.3 Å². The number of hydrogen-bond donors (Lipinski definition) is 2. The molecule has 1 amide bonds. The van der Waals surface area contributed by atoms with Gasteiger partial charge in [0.15, 0.2) is 0 Å². The summed E-state index contributed by atoms with van der Waals surface area (Å²) in [6.45, 7) is 2.25. The average Bonchev–Trinajstić information content (AvgIpc) is 2.49. The van der Waals surface area contributed by atoms with E-state index < -0.39 is 0 Å². The summed E-state index contributed by atoms with van der Waals surface area (Å²) in [5, 5.41) is 17.5. The Morgan fingerprint density at radius 3 is 3.15 bits per heavy atom. The third-order valence-electron chi connectivity index (χ3n) is 1.47. The molecule has 0 aliphatic heterocycles. The molecule has 0 aliphatic carbocycles. The van der Waals surface area contributed by atoms with Crippen LogP contribution < -0.4 is 5.32 Å². The first kappa shape index (κ1) is 9.26. The van der Waals surface area contributed by atoms with E-state index in [9.17, 15) is 4.79 Å². The highest BCUT2D eigenvalue weighted by atomic mass is 16.1. The largest absolute Gasteiger partial charge is 0.349 e. The van der Waals surface area contributed by atoms with E-state index in [-0.39, 0.29) is 12.3 Å². The lowest BCUT2D eigenvalue weighted by atomic mass is 10.3. The van der Waals surface area contributed by atoms with Gasteiger partial charge < -0.3 is 5.32 Å². The molecule has 0 bridgehead atoms. The van der Waals surface area contributed by atoms with Crippen LogP contribution in [0.25, 0.3) is 0 Å². The highest BCUT2D eigenvalue weighted by Gasteiger charge is 2.01. The van der Waals surface area contributed by atoms with E-state index in [1.807, 2.05) is 13.0 Å². The van der Waals surface area contributed by atoms with E-state index >= 15 is 0 Å². The Hall–Kier alpha value is -1.83. The summed E-state index contributed by atoms with van der Waals surface area (Å²) in [6, 6.07) is 3.61. The molecule has 0 atom stereocenters. The monoisotopic (exact) mass is 178 g/mol. The second-order valence-corrected chi connectivity index (χ2v) is 2.65. The Bertz CT molecular complexity index is 336. The number of amides is 1. The van der Waals surface area contributed by atoms with Crippen LogP contribution in [0.15, 0.2) is 6.07 Å². The Labute approximate surface area is 75.8 Å². The molecule has 5 nitrogen and oxygen atoms in total. The Kier molecular flexibility index (Phi) is 3.03. The molecule has 68 valence electrons. The van der Waals surface area contributed by atoms with Crippen LogP contribution in [-0.4, -0.2) is 16.1 Å². The molecule has 0 aromatic carbocycles. The molecule has 0 spiro atoms. The zero-order valence-electron chi connectivity index (χ0n) is 7.29. The number of nitrogens with zero attached hydrogens (tertiary/aromatic N) is 2. The van der Waals surface area contributed by atoms with E-state index in [0.29, 0.717) is 6.54 Å². The lowest BCUT2D eigenvalue weighted by molar-refractivity contribution is -0.120. The van der Waals surface area contributed by atoms with Gasteiger partial charge in [-0.05, 0) is 13.0 Å². The number of rotatable bonds is 3. The quantitative estimate of drug-likeness (QED) is 0.696. The number of aromatic nitrogens is 2. The highest BCUT2D eigenvalue weighted by molar-refractivity contribution is 5.77. The summed E-state index contributed by atoms with van der Waals surface area (Å²) in [5.41, 5.74) is 1.72. The van der Waals surface area contributed by atoms with Crippen LogP contribution in [0.4, 0.5) is 0 Å². The summed E-state index contributed by atoms with van der Waals surface area (Å²) >= 11 is 0. The molecule has 0 unspecified atom stereocenters. The number of H-pyrrole nitrogens is 1. The van der Waals surface area contributed by atoms with Crippen LogP contribution in [0.3, 0.4) is 0 Å². The molecule has 1 aromatic heterocycles. The second kappa shape index (κ2) is 4.26. The standard InChI is InChI=1S/C8H10N4O/c1-6-4-7(12-11-6)5-10-8(13)2-3-9/h4H,2,5H2,1H3,(H,10,13)(H,11,12). The Balaban J connectivity index is 2.36. The first-order valence-corrected chi connectivity index (χ1v) is 3.87. The smallest absolute Gasteiger partial charge is 0.234 e. The predicted molar refractivity (Wildman–Crippen MR) is 45.4 cm³/mol. The van der Waals surface area contributed by atoms with Crippen molar-refractivity contribution in [1.82, 2.24) is 15.5 Å². The third kappa shape index (κ3) is 2.95. The zero-order chi connectivity index (χ0) is 9.68. The van der Waals surface area contributed by atoms with Crippen molar-refractivity contribution < 1.29 is 4.79 Å². The number of aryl methyl sites for hydroxylation is 1. The van der Waals surface area contributed by atoms with Gasteiger partial charge in [0, 0.05) is 5.69 Å². The predicted octanol–water partition coefficient (Wildman–Crippen LogP) is 0.248. The number of carbonyl (C=O) groups excluding carboxylic acids is 1. The van der Waals surface area contributed by atoms with E-state index in [0.717, 1.165) is 11.4 Å². The maximum atomic E-state index is 10.9. The van der Waals surface area contributed by atoms with Crippen LogP contribution in [-0.2, 0) is 11.3 Å². The van der Waals surface area contributed by atoms with Crippen molar-refractivity contribution >= 4 is 5.91 Å². The molecule has 13 heavy (non-hydrogen) atoms. The normalized spacial score (nSPS) is 9.23. The molecule has 0 saturated carbocycles. The lowest BCUT2D eigenvalue weighted by Crippen LogP contribution is -2.21. The summed E-state index contributed by atoms with van der Waals surface area (Å²) in [6.07, 6.45) is -0.108. The van der Waals surface area contributed by atoms with Gasteiger partial charge in [0.1, 0.15) is 6.42 Å². The number of nitriles is 1. The maximum Gasteiger partial charge on any atom is 0.234 e. The summed E-state index contributed by atoms with van der Waals surface area (Å²) < 4.78 is 0. The van der Waals surface area contributed by atoms with Gasteiger partial charge in [-0.15, -0.1) is 0 Å². The highest BCUT2D eigenvalue weighted by Crippen LogP contribution is 1.96. The molecule has 1 heterocycles. The van der Waals surface area contributed by atoms with E-state index in [2.05, 4.69) is 15.5 Å². The molecule has 0 saturated heterocycles. The number of carbonyl (C=O) groups is 1. The maximum absolute atomic E-state index is 10.9. The first-order chi connectivity index (χ1) is 6.22. The van der Waals surface area contributed by atoms with Gasteiger partial charge in [0.25, 0.3) is 0 Å². The van der Waals surface area contributed by atoms with Gasteiger partial charge in [0.2, 0.25) is 5.91 Å². The molecular formula is C8H10N4O. The van der Waals surface area contributed by atoms with E-state index in [1.165, 1.54) is 0 Å². The minimum absolute atomic E-state index is 0.108. The van der Waals surface area contributed by atoms with Crippen molar-refractivity contribution in [2.45, 2.75) is 19.9 Å². The van der Waals surface area contributed by atoms with Crippen molar-refractivity contribution in [2.75, 3.05) is 0 Å². The third-order valence-corrected chi connectivity index (χ3v) is 1.47. The van der Waals surface area contributed by atoms with Gasteiger partial charge in [-0.3, -0.25) is 9.89 Å². The molecule has 0 radical (unpaired) electrons. The van der Waals surface area contributed by atoms with Crippen LogP contribution in [0.1, 0.15) is 17.8 Å². The van der Waals surface area contributed by atoms with E-state index in [1.54, 1.807) is 6.07 Å². The molecule has 0 aliphatic rings. The lowest BCUT2D eigenvalue weighted by Gasteiger charge is -1.97. The van der Waals surface area contributed by atoms with Crippen LogP contribution in [0.2, 0.25) is 0 Å².